The van der Waals surface area contributed by atoms with E-state index in [2.05, 4.69) is 53.7 Å². The highest BCUT2D eigenvalue weighted by atomic mass is 16.1. The maximum atomic E-state index is 13.2. The molecule has 0 saturated heterocycles. The summed E-state index contributed by atoms with van der Waals surface area (Å²) in [6.45, 7) is 18.1. The first kappa shape index (κ1) is 23.0. The molecule has 4 aliphatic rings. The summed E-state index contributed by atoms with van der Waals surface area (Å²) >= 11 is 0. The van der Waals surface area contributed by atoms with Gasteiger partial charge in [0, 0.05) is 11.8 Å². The van der Waals surface area contributed by atoms with E-state index in [-0.39, 0.29) is 21.7 Å². The van der Waals surface area contributed by atoms with Gasteiger partial charge in [-0.3, -0.25) is 4.79 Å². The highest BCUT2D eigenvalue weighted by molar-refractivity contribution is 6.00. The lowest BCUT2D eigenvalue weighted by atomic mass is 9.40. The van der Waals surface area contributed by atoms with Crippen LogP contribution >= 0.6 is 0 Å². The summed E-state index contributed by atoms with van der Waals surface area (Å²) < 4.78 is 0. The number of Topliss-reactive ketones (excluding diaryl/α,β-unsaturated/α-hetero) is 2. The normalized spacial score (nSPS) is 46.1. The first-order valence-electron chi connectivity index (χ1n) is 12.7. The molecule has 4 rings (SSSR count). The fourth-order valence-corrected chi connectivity index (χ4v) is 9.36. The van der Waals surface area contributed by atoms with Crippen molar-refractivity contribution in [2.24, 2.45) is 45.3 Å². The number of hydrogen-bond acceptors (Lipinski definition) is 2. The van der Waals surface area contributed by atoms with Gasteiger partial charge in [-0.25, -0.2) is 0 Å². The summed E-state index contributed by atoms with van der Waals surface area (Å²) in [4.78, 5) is 25.1. The number of rotatable bonds is 3. The van der Waals surface area contributed by atoms with Gasteiger partial charge in [-0.05, 0) is 97.9 Å². The largest absolute Gasteiger partial charge is 0.300 e. The van der Waals surface area contributed by atoms with Crippen LogP contribution in [0.2, 0.25) is 0 Å². The van der Waals surface area contributed by atoms with Crippen LogP contribution in [0.1, 0.15) is 100 Å². The highest BCUT2D eigenvalue weighted by Gasteiger charge is 2.65. The molecule has 172 valence electrons. The van der Waals surface area contributed by atoms with Crippen molar-refractivity contribution < 1.29 is 9.59 Å². The molecule has 0 spiro atoms. The standard InChI is InChI=1S/C29H44O2/c1-9-20-17-27(6)22-13-15-28(7)21(18(2)16-19(3)30)12-14-29(28,8)23(22)10-11-24(27)26(4,5)25(20)31/h9-10,18,21-22,24H,11-17H2,1-8H3/b20-9-/t18-,21-,22-,24+,27-,28-,29+/m1/s1. The number of fused-ring (bicyclic) bond motifs is 5. The molecule has 4 aliphatic carbocycles. The zero-order valence-corrected chi connectivity index (χ0v) is 21.2. The van der Waals surface area contributed by atoms with E-state index in [0.29, 0.717) is 35.2 Å². The van der Waals surface area contributed by atoms with Gasteiger partial charge in [0.05, 0.1) is 0 Å². The molecular formula is C29H44O2. The minimum absolute atomic E-state index is 0.163. The Hall–Kier alpha value is -1.18. The fourth-order valence-electron chi connectivity index (χ4n) is 9.36. The van der Waals surface area contributed by atoms with Crippen LogP contribution in [0.25, 0.3) is 0 Å². The molecule has 2 heteroatoms. The van der Waals surface area contributed by atoms with Crippen LogP contribution in [0.5, 0.6) is 0 Å². The van der Waals surface area contributed by atoms with Crippen molar-refractivity contribution in [3.05, 3.63) is 23.3 Å². The van der Waals surface area contributed by atoms with E-state index in [9.17, 15) is 9.59 Å². The van der Waals surface area contributed by atoms with Crippen molar-refractivity contribution >= 4 is 11.6 Å². The molecule has 0 aliphatic heterocycles. The van der Waals surface area contributed by atoms with Crippen molar-refractivity contribution in [1.82, 2.24) is 0 Å². The maximum Gasteiger partial charge on any atom is 0.164 e. The van der Waals surface area contributed by atoms with E-state index in [0.717, 1.165) is 24.8 Å². The van der Waals surface area contributed by atoms with Gasteiger partial charge < -0.3 is 4.79 Å². The van der Waals surface area contributed by atoms with Crippen molar-refractivity contribution in [2.45, 2.75) is 100 Å². The molecule has 7 atom stereocenters. The fraction of sp³-hybridized carbons (Fsp3) is 0.793. The number of carbonyl (C=O) groups is 2. The lowest BCUT2D eigenvalue weighted by molar-refractivity contribution is -0.138. The number of carbonyl (C=O) groups excluding carboxylic acids is 2. The van der Waals surface area contributed by atoms with Crippen LogP contribution < -0.4 is 0 Å². The minimum atomic E-state index is -0.285. The smallest absolute Gasteiger partial charge is 0.164 e. The van der Waals surface area contributed by atoms with E-state index in [1.165, 1.54) is 25.7 Å². The summed E-state index contributed by atoms with van der Waals surface area (Å²) in [5, 5.41) is 0. The van der Waals surface area contributed by atoms with E-state index in [1.807, 2.05) is 6.92 Å². The van der Waals surface area contributed by atoms with Gasteiger partial charge in [0.25, 0.3) is 0 Å². The van der Waals surface area contributed by atoms with Crippen LogP contribution in [-0.2, 0) is 9.59 Å². The third-order valence-electron chi connectivity index (χ3n) is 11.1. The first-order valence-corrected chi connectivity index (χ1v) is 12.7. The molecule has 0 aromatic rings. The van der Waals surface area contributed by atoms with Gasteiger partial charge >= 0.3 is 0 Å². The third kappa shape index (κ3) is 2.95. The number of ketones is 2. The number of hydrogen-bond donors (Lipinski definition) is 0. The second kappa shape index (κ2) is 7.16. The molecule has 0 amide bonds. The van der Waals surface area contributed by atoms with E-state index in [4.69, 9.17) is 0 Å². The molecular weight excluding hydrogens is 380 g/mol. The molecule has 3 saturated carbocycles. The van der Waals surface area contributed by atoms with Crippen molar-refractivity contribution in [3.8, 4) is 0 Å². The summed E-state index contributed by atoms with van der Waals surface area (Å²) in [5.41, 5.74) is 3.14. The molecule has 0 radical (unpaired) electrons. The average molecular weight is 425 g/mol. The summed E-state index contributed by atoms with van der Waals surface area (Å²) in [5.74, 6) is 2.80. The van der Waals surface area contributed by atoms with Gasteiger partial charge in [0.2, 0.25) is 0 Å². The van der Waals surface area contributed by atoms with Gasteiger partial charge in [0.15, 0.2) is 5.78 Å². The Morgan fingerprint density at radius 2 is 1.84 bits per heavy atom. The molecule has 0 heterocycles. The molecule has 3 fully saturated rings. The van der Waals surface area contributed by atoms with Crippen molar-refractivity contribution in [1.29, 1.82) is 0 Å². The van der Waals surface area contributed by atoms with E-state index in [1.54, 1.807) is 12.5 Å². The Morgan fingerprint density at radius 1 is 1.16 bits per heavy atom. The predicted molar refractivity (Wildman–Crippen MR) is 128 cm³/mol. The zero-order chi connectivity index (χ0) is 23.0. The zero-order valence-electron chi connectivity index (χ0n) is 21.2. The second-order valence-corrected chi connectivity index (χ2v) is 12.9. The van der Waals surface area contributed by atoms with Crippen molar-refractivity contribution in [2.75, 3.05) is 0 Å². The topological polar surface area (TPSA) is 34.1 Å². The second-order valence-electron chi connectivity index (χ2n) is 12.9. The van der Waals surface area contributed by atoms with Crippen molar-refractivity contribution in [3.63, 3.8) is 0 Å². The monoisotopic (exact) mass is 424 g/mol. The molecule has 0 aromatic carbocycles. The SMILES string of the molecule is C/C=C1/C[C@]2(C)[C@@H]3CC[C@]4(C)[C@@H]([C@H](C)CC(C)=O)CC[C@@]4(C)C3=CC[C@H]2C(C)(C)C1=O. The van der Waals surface area contributed by atoms with Crippen LogP contribution in [-0.4, -0.2) is 11.6 Å². The van der Waals surface area contributed by atoms with Crippen LogP contribution in [0, 0.1) is 45.3 Å². The molecule has 0 unspecified atom stereocenters. The Kier molecular flexibility index (Phi) is 5.31. The molecule has 2 nitrogen and oxygen atoms in total. The third-order valence-corrected chi connectivity index (χ3v) is 11.1. The van der Waals surface area contributed by atoms with Gasteiger partial charge in [-0.2, -0.15) is 0 Å². The predicted octanol–water partition coefficient (Wildman–Crippen LogP) is 7.33. The molecule has 31 heavy (non-hydrogen) atoms. The maximum absolute atomic E-state index is 13.2. The Labute approximate surface area is 190 Å². The molecule has 0 N–H and O–H groups in total. The highest BCUT2D eigenvalue weighted by Crippen LogP contribution is 2.73. The van der Waals surface area contributed by atoms with Gasteiger partial charge in [0.1, 0.15) is 5.78 Å². The lowest BCUT2D eigenvalue weighted by Gasteiger charge is -2.63. The van der Waals surface area contributed by atoms with E-state index >= 15 is 0 Å². The lowest BCUT2D eigenvalue weighted by Crippen LogP contribution is -2.57. The van der Waals surface area contributed by atoms with Crippen LogP contribution in [0.3, 0.4) is 0 Å². The first-order chi connectivity index (χ1) is 14.3. The molecule has 0 aromatic heterocycles. The minimum Gasteiger partial charge on any atom is -0.300 e. The summed E-state index contributed by atoms with van der Waals surface area (Å²) in [7, 11) is 0. The summed E-state index contributed by atoms with van der Waals surface area (Å²) in [6, 6.07) is 0. The van der Waals surface area contributed by atoms with Gasteiger partial charge in [-0.1, -0.05) is 59.3 Å². The van der Waals surface area contributed by atoms with Gasteiger partial charge in [-0.15, -0.1) is 0 Å². The number of allylic oxidation sites excluding steroid dienone is 4. The Morgan fingerprint density at radius 3 is 2.45 bits per heavy atom. The Balaban J connectivity index is 1.74. The Bertz CT molecular complexity index is 860. The summed E-state index contributed by atoms with van der Waals surface area (Å²) in [6.07, 6.45) is 12.4. The van der Waals surface area contributed by atoms with E-state index < -0.39 is 0 Å². The van der Waals surface area contributed by atoms with Crippen LogP contribution in [0.4, 0.5) is 0 Å². The quantitative estimate of drug-likeness (QED) is 0.351. The molecule has 0 bridgehead atoms. The van der Waals surface area contributed by atoms with Crippen LogP contribution in [0.15, 0.2) is 23.3 Å². The average Bonchev–Trinajstić information content (AvgIpc) is 2.96.